The number of nitrogens with zero attached hydrogens (tertiary/aromatic N) is 2. The molecular formula is C14H17N3O2S2. The fourth-order valence-electron chi connectivity index (χ4n) is 1.65. The topological polar surface area (TPSA) is 64.1 Å². The summed E-state index contributed by atoms with van der Waals surface area (Å²) in [4.78, 5) is 12.1. The Balaban J connectivity index is 2.00. The van der Waals surface area contributed by atoms with Crippen molar-refractivity contribution in [1.29, 1.82) is 0 Å². The number of nitrogens with one attached hydrogen (secondary N) is 1. The first-order valence-corrected chi connectivity index (χ1v) is 8.46. The number of hydrogen-bond acceptors (Lipinski definition) is 6. The van der Waals surface area contributed by atoms with E-state index in [0.29, 0.717) is 5.13 Å². The van der Waals surface area contributed by atoms with Crippen molar-refractivity contribution in [2.75, 3.05) is 11.6 Å². The number of carbonyl (C=O) groups excluding carboxylic acids is 1. The SMILES string of the molecule is CSc1nnc(NC(=O)[C@@H](C)Oc2cccc(C)c2C)s1. The van der Waals surface area contributed by atoms with Gasteiger partial charge in [0.15, 0.2) is 10.4 Å². The molecular weight excluding hydrogens is 306 g/mol. The zero-order chi connectivity index (χ0) is 15.4. The second kappa shape index (κ2) is 6.91. The van der Waals surface area contributed by atoms with Crippen LogP contribution >= 0.6 is 23.1 Å². The summed E-state index contributed by atoms with van der Waals surface area (Å²) < 4.78 is 6.55. The van der Waals surface area contributed by atoms with Crippen LogP contribution in [0.4, 0.5) is 5.13 Å². The van der Waals surface area contributed by atoms with E-state index < -0.39 is 6.10 Å². The number of ether oxygens (including phenoxy) is 1. The molecule has 0 bridgehead atoms. The van der Waals surface area contributed by atoms with Gasteiger partial charge in [0.25, 0.3) is 5.91 Å². The smallest absolute Gasteiger partial charge is 0.266 e. The van der Waals surface area contributed by atoms with Gasteiger partial charge in [0, 0.05) is 0 Å². The molecule has 1 N–H and O–H groups in total. The van der Waals surface area contributed by atoms with E-state index in [1.807, 2.05) is 38.3 Å². The third kappa shape index (κ3) is 3.95. The van der Waals surface area contributed by atoms with Crippen LogP contribution in [0.1, 0.15) is 18.1 Å². The van der Waals surface area contributed by atoms with Crippen molar-refractivity contribution in [2.24, 2.45) is 0 Å². The van der Waals surface area contributed by atoms with Gasteiger partial charge < -0.3 is 4.74 Å². The number of aromatic nitrogens is 2. The molecule has 1 heterocycles. The summed E-state index contributed by atoms with van der Waals surface area (Å²) in [5.74, 6) is 0.486. The molecule has 0 radical (unpaired) electrons. The molecule has 0 aliphatic carbocycles. The molecule has 2 rings (SSSR count). The van der Waals surface area contributed by atoms with E-state index in [9.17, 15) is 4.79 Å². The lowest BCUT2D eigenvalue weighted by Crippen LogP contribution is -2.30. The van der Waals surface area contributed by atoms with Gasteiger partial charge in [-0.05, 0) is 44.2 Å². The fraction of sp³-hybridized carbons (Fsp3) is 0.357. The minimum absolute atomic E-state index is 0.236. The Morgan fingerprint density at radius 1 is 1.38 bits per heavy atom. The van der Waals surface area contributed by atoms with E-state index in [-0.39, 0.29) is 5.91 Å². The van der Waals surface area contributed by atoms with Gasteiger partial charge in [-0.25, -0.2) is 0 Å². The summed E-state index contributed by atoms with van der Waals surface area (Å²) in [5.41, 5.74) is 2.17. The van der Waals surface area contributed by atoms with E-state index in [4.69, 9.17) is 4.74 Å². The van der Waals surface area contributed by atoms with Gasteiger partial charge in [0.05, 0.1) is 0 Å². The monoisotopic (exact) mass is 323 g/mol. The van der Waals surface area contributed by atoms with Gasteiger partial charge in [0.2, 0.25) is 5.13 Å². The molecule has 1 atom stereocenters. The number of carbonyl (C=O) groups is 1. The van der Waals surface area contributed by atoms with Gasteiger partial charge >= 0.3 is 0 Å². The van der Waals surface area contributed by atoms with Crippen LogP contribution in [0, 0.1) is 13.8 Å². The highest BCUT2D eigenvalue weighted by Crippen LogP contribution is 2.24. The highest BCUT2D eigenvalue weighted by atomic mass is 32.2. The molecule has 5 nitrogen and oxygen atoms in total. The zero-order valence-corrected chi connectivity index (χ0v) is 14.0. The van der Waals surface area contributed by atoms with Crippen molar-refractivity contribution in [3.8, 4) is 5.75 Å². The molecule has 0 aliphatic rings. The van der Waals surface area contributed by atoms with Crippen LogP contribution in [-0.4, -0.2) is 28.5 Å². The number of aryl methyl sites for hydroxylation is 1. The summed E-state index contributed by atoms with van der Waals surface area (Å²) >= 11 is 2.84. The normalized spacial score (nSPS) is 12.0. The van der Waals surface area contributed by atoms with Crippen LogP contribution in [0.5, 0.6) is 5.75 Å². The lowest BCUT2D eigenvalue weighted by atomic mass is 10.1. The third-order valence-electron chi connectivity index (χ3n) is 3.04. The maximum absolute atomic E-state index is 12.1. The molecule has 0 saturated heterocycles. The van der Waals surface area contributed by atoms with E-state index in [2.05, 4.69) is 15.5 Å². The van der Waals surface area contributed by atoms with Crippen molar-refractivity contribution in [3.05, 3.63) is 29.3 Å². The molecule has 0 aliphatic heterocycles. The second-order valence-corrected chi connectivity index (χ2v) is 6.56. The molecule has 0 fully saturated rings. The Morgan fingerprint density at radius 2 is 2.14 bits per heavy atom. The van der Waals surface area contributed by atoms with Crippen LogP contribution in [0.25, 0.3) is 0 Å². The molecule has 0 unspecified atom stereocenters. The van der Waals surface area contributed by atoms with Crippen molar-refractivity contribution in [2.45, 2.75) is 31.2 Å². The molecule has 0 spiro atoms. The Kier molecular flexibility index (Phi) is 5.19. The van der Waals surface area contributed by atoms with Gasteiger partial charge in [0.1, 0.15) is 5.75 Å². The van der Waals surface area contributed by atoms with Gasteiger partial charge in [-0.15, -0.1) is 10.2 Å². The number of thioether (sulfide) groups is 1. The number of hydrogen-bond donors (Lipinski definition) is 1. The maximum Gasteiger partial charge on any atom is 0.266 e. The van der Waals surface area contributed by atoms with Gasteiger partial charge in [-0.3, -0.25) is 10.1 Å². The molecule has 2 aromatic rings. The van der Waals surface area contributed by atoms with Crippen LogP contribution in [0.3, 0.4) is 0 Å². The minimum atomic E-state index is -0.605. The zero-order valence-electron chi connectivity index (χ0n) is 12.3. The predicted molar refractivity (Wildman–Crippen MR) is 86.3 cm³/mol. The van der Waals surface area contributed by atoms with E-state index in [0.717, 1.165) is 21.2 Å². The first-order chi connectivity index (χ1) is 10.0. The Morgan fingerprint density at radius 3 is 2.81 bits per heavy atom. The molecule has 1 amide bonds. The summed E-state index contributed by atoms with van der Waals surface area (Å²) in [6.45, 7) is 5.70. The summed E-state index contributed by atoms with van der Waals surface area (Å²) in [6.07, 6.45) is 1.31. The van der Waals surface area contributed by atoms with Crippen LogP contribution < -0.4 is 10.1 Å². The average Bonchev–Trinajstić information content (AvgIpc) is 2.91. The van der Waals surface area contributed by atoms with Crippen molar-refractivity contribution < 1.29 is 9.53 Å². The van der Waals surface area contributed by atoms with Crippen LogP contribution in [0.2, 0.25) is 0 Å². The lowest BCUT2D eigenvalue weighted by Gasteiger charge is -2.16. The highest BCUT2D eigenvalue weighted by molar-refractivity contribution is 8.00. The highest BCUT2D eigenvalue weighted by Gasteiger charge is 2.18. The number of amides is 1. The predicted octanol–water partition coefficient (Wildman–Crippen LogP) is 3.28. The van der Waals surface area contributed by atoms with Gasteiger partial charge in [-0.2, -0.15) is 0 Å². The summed E-state index contributed by atoms with van der Waals surface area (Å²) in [6, 6.07) is 5.79. The van der Waals surface area contributed by atoms with Crippen molar-refractivity contribution in [1.82, 2.24) is 10.2 Å². The van der Waals surface area contributed by atoms with Crippen molar-refractivity contribution >= 4 is 34.1 Å². The number of rotatable bonds is 5. The van der Waals surface area contributed by atoms with E-state index in [1.54, 1.807) is 6.92 Å². The first-order valence-electron chi connectivity index (χ1n) is 6.42. The maximum atomic E-state index is 12.1. The molecule has 7 heteroatoms. The number of anilines is 1. The third-order valence-corrected chi connectivity index (χ3v) is 4.85. The lowest BCUT2D eigenvalue weighted by molar-refractivity contribution is -0.122. The Labute approximate surface area is 132 Å². The number of benzene rings is 1. The van der Waals surface area contributed by atoms with Crippen LogP contribution in [-0.2, 0) is 4.79 Å². The Bertz CT molecular complexity index is 643. The van der Waals surface area contributed by atoms with Crippen molar-refractivity contribution in [3.63, 3.8) is 0 Å². The molecule has 1 aromatic carbocycles. The largest absolute Gasteiger partial charge is 0.481 e. The molecule has 0 saturated carbocycles. The molecule has 112 valence electrons. The summed E-state index contributed by atoms with van der Waals surface area (Å²) in [5, 5.41) is 11.0. The fourth-order valence-corrected chi connectivity index (χ4v) is 2.82. The van der Waals surface area contributed by atoms with Gasteiger partial charge in [-0.1, -0.05) is 35.2 Å². The molecule has 21 heavy (non-hydrogen) atoms. The quantitative estimate of drug-likeness (QED) is 0.676. The van der Waals surface area contributed by atoms with Crippen LogP contribution in [0.15, 0.2) is 22.5 Å². The molecule has 1 aromatic heterocycles. The summed E-state index contributed by atoms with van der Waals surface area (Å²) in [7, 11) is 0. The minimum Gasteiger partial charge on any atom is -0.481 e. The average molecular weight is 323 g/mol. The standard InChI is InChI=1S/C14H17N3O2S2/c1-8-6-5-7-11(9(8)2)19-10(3)12(18)15-13-16-17-14(20-4)21-13/h5-7,10H,1-4H3,(H,15,16,18)/t10-/m1/s1. The first kappa shape index (κ1) is 15.8. The van der Waals surface area contributed by atoms with E-state index in [1.165, 1.54) is 23.1 Å². The Hall–Kier alpha value is -1.60. The second-order valence-electron chi connectivity index (χ2n) is 4.52. The van der Waals surface area contributed by atoms with E-state index >= 15 is 0 Å².